The second-order valence-electron chi connectivity index (χ2n) is 5.03. The zero-order valence-electron chi connectivity index (χ0n) is 13.1. The maximum Gasteiger partial charge on any atom is 0.135 e. The molecular formula is C17H21N5. The van der Waals surface area contributed by atoms with Crippen LogP contribution in [0.5, 0.6) is 0 Å². The van der Waals surface area contributed by atoms with E-state index < -0.39 is 0 Å². The van der Waals surface area contributed by atoms with Crippen LogP contribution in [-0.4, -0.2) is 23.1 Å². The van der Waals surface area contributed by atoms with Crippen molar-refractivity contribution in [3.05, 3.63) is 42.2 Å². The predicted octanol–water partition coefficient (Wildman–Crippen LogP) is 3.72. The number of nitriles is 1. The number of hydrogen-bond acceptors (Lipinski definition) is 5. The number of nitrogens with one attached hydrogen (secondary N) is 1. The van der Waals surface area contributed by atoms with E-state index in [9.17, 15) is 0 Å². The Bertz CT molecular complexity index is 641. The van der Waals surface area contributed by atoms with Crippen molar-refractivity contribution in [2.75, 3.05) is 23.3 Å². The van der Waals surface area contributed by atoms with Crippen molar-refractivity contribution in [1.29, 1.82) is 5.26 Å². The lowest BCUT2D eigenvalue weighted by atomic mass is 10.2. The minimum absolute atomic E-state index is 0.599. The number of benzene rings is 1. The van der Waals surface area contributed by atoms with Crippen molar-refractivity contribution in [3.8, 4) is 6.07 Å². The Morgan fingerprint density at radius 1 is 1.14 bits per heavy atom. The normalized spacial score (nSPS) is 10.0. The molecule has 0 bridgehead atoms. The predicted molar refractivity (Wildman–Crippen MR) is 89.3 cm³/mol. The molecule has 0 amide bonds. The van der Waals surface area contributed by atoms with E-state index in [1.54, 1.807) is 12.4 Å². The Kier molecular flexibility index (Phi) is 5.73. The molecule has 0 spiro atoms. The Morgan fingerprint density at radius 2 is 1.86 bits per heavy atom. The number of hydrogen-bond donors (Lipinski definition) is 1. The number of aromatic nitrogens is 2. The minimum atomic E-state index is 0.599. The number of anilines is 3. The van der Waals surface area contributed by atoms with Crippen molar-refractivity contribution < 1.29 is 0 Å². The third kappa shape index (κ3) is 3.95. The van der Waals surface area contributed by atoms with Crippen LogP contribution in [0, 0.1) is 11.3 Å². The van der Waals surface area contributed by atoms with Crippen LogP contribution in [0.3, 0.4) is 0 Å². The number of para-hydroxylation sites is 1. The third-order valence-corrected chi connectivity index (χ3v) is 3.27. The Hall–Kier alpha value is -2.61. The summed E-state index contributed by atoms with van der Waals surface area (Å²) >= 11 is 0. The van der Waals surface area contributed by atoms with Crippen LogP contribution in [0.25, 0.3) is 0 Å². The lowest BCUT2D eigenvalue weighted by molar-refractivity contribution is 0.733. The third-order valence-electron chi connectivity index (χ3n) is 3.27. The molecule has 1 aromatic heterocycles. The number of nitrogens with zero attached hydrogens (tertiary/aromatic N) is 4. The van der Waals surface area contributed by atoms with Gasteiger partial charge in [-0.15, -0.1) is 0 Å². The molecule has 0 atom stereocenters. The van der Waals surface area contributed by atoms with Gasteiger partial charge in [-0.3, -0.25) is 0 Å². The van der Waals surface area contributed by atoms with Crippen molar-refractivity contribution in [3.63, 3.8) is 0 Å². The van der Waals surface area contributed by atoms with E-state index in [0.717, 1.165) is 37.4 Å². The first kappa shape index (κ1) is 15.8. The fourth-order valence-corrected chi connectivity index (χ4v) is 2.30. The fraction of sp³-hybridized carbons (Fsp3) is 0.353. The smallest absolute Gasteiger partial charge is 0.135 e. The van der Waals surface area contributed by atoms with Crippen LogP contribution >= 0.6 is 0 Å². The quantitative estimate of drug-likeness (QED) is 0.843. The highest BCUT2D eigenvalue weighted by molar-refractivity contribution is 5.65. The lowest BCUT2D eigenvalue weighted by Crippen LogP contribution is -2.25. The highest BCUT2D eigenvalue weighted by Gasteiger charge is 2.08. The summed E-state index contributed by atoms with van der Waals surface area (Å²) in [7, 11) is 0. The van der Waals surface area contributed by atoms with Gasteiger partial charge in [-0.05, 0) is 25.0 Å². The molecule has 5 heteroatoms. The fourth-order valence-electron chi connectivity index (χ4n) is 2.30. The molecule has 0 aliphatic rings. The molecule has 0 fully saturated rings. The molecule has 2 aromatic rings. The highest BCUT2D eigenvalue weighted by Crippen LogP contribution is 2.21. The van der Waals surface area contributed by atoms with Crippen molar-refractivity contribution in [1.82, 2.24) is 9.97 Å². The summed E-state index contributed by atoms with van der Waals surface area (Å²) in [5, 5.41) is 12.4. The Labute approximate surface area is 131 Å². The Morgan fingerprint density at radius 3 is 2.55 bits per heavy atom. The summed E-state index contributed by atoms with van der Waals surface area (Å²) in [6.07, 6.45) is 3.71. The van der Waals surface area contributed by atoms with E-state index in [0.29, 0.717) is 11.4 Å². The topological polar surface area (TPSA) is 64.8 Å². The van der Waals surface area contributed by atoms with Crippen LogP contribution in [0.1, 0.15) is 32.3 Å². The zero-order valence-corrected chi connectivity index (χ0v) is 13.1. The highest BCUT2D eigenvalue weighted by atomic mass is 15.2. The maximum absolute atomic E-state index is 9.15. The van der Waals surface area contributed by atoms with Gasteiger partial charge in [0, 0.05) is 19.2 Å². The second-order valence-corrected chi connectivity index (χ2v) is 5.03. The van der Waals surface area contributed by atoms with Crippen LogP contribution in [0.15, 0.2) is 36.7 Å². The largest absolute Gasteiger partial charge is 0.356 e. The molecule has 0 saturated carbocycles. The molecular weight excluding hydrogens is 274 g/mol. The molecule has 0 aliphatic carbocycles. The molecule has 0 aliphatic heterocycles. The summed E-state index contributed by atoms with van der Waals surface area (Å²) in [5.41, 5.74) is 1.36. The molecule has 2 rings (SSSR count). The zero-order chi connectivity index (χ0) is 15.8. The molecule has 0 unspecified atom stereocenters. The van der Waals surface area contributed by atoms with Crippen molar-refractivity contribution in [2.45, 2.75) is 26.7 Å². The summed E-state index contributed by atoms with van der Waals surface area (Å²) in [6.45, 7) is 6.26. The standard InChI is InChI=1S/C17H21N5/c1-3-9-22(10-4-2)17-11-16(19-13-20-17)21-15-8-6-5-7-14(15)12-18/h5-8,11,13H,3-4,9-10H2,1-2H3,(H,19,20,21). The molecule has 1 N–H and O–H groups in total. The number of rotatable bonds is 7. The van der Waals surface area contributed by atoms with Gasteiger partial charge in [-0.1, -0.05) is 26.0 Å². The van der Waals surface area contributed by atoms with Gasteiger partial charge in [0.1, 0.15) is 24.0 Å². The van der Waals surface area contributed by atoms with Gasteiger partial charge in [0.05, 0.1) is 11.3 Å². The van der Waals surface area contributed by atoms with Gasteiger partial charge in [0.15, 0.2) is 0 Å². The van der Waals surface area contributed by atoms with Crippen molar-refractivity contribution in [2.24, 2.45) is 0 Å². The average Bonchev–Trinajstić information content (AvgIpc) is 2.55. The summed E-state index contributed by atoms with van der Waals surface area (Å²) in [6, 6.07) is 11.5. The molecule has 5 nitrogen and oxygen atoms in total. The van der Waals surface area contributed by atoms with E-state index in [2.05, 4.69) is 40.1 Å². The van der Waals surface area contributed by atoms with Gasteiger partial charge < -0.3 is 10.2 Å². The van der Waals surface area contributed by atoms with E-state index in [-0.39, 0.29) is 0 Å². The minimum Gasteiger partial charge on any atom is -0.356 e. The first-order valence-electron chi connectivity index (χ1n) is 7.61. The Balaban J connectivity index is 2.22. The summed E-state index contributed by atoms with van der Waals surface area (Å²) < 4.78 is 0. The first-order chi connectivity index (χ1) is 10.8. The van der Waals surface area contributed by atoms with Crippen LogP contribution in [-0.2, 0) is 0 Å². The molecule has 22 heavy (non-hydrogen) atoms. The first-order valence-corrected chi connectivity index (χ1v) is 7.61. The molecule has 114 valence electrons. The van der Waals surface area contributed by atoms with Gasteiger partial charge in [0.2, 0.25) is 0 Å². The van der Waals surface area contributed by atoms with E-state index >= 15 is 0 Å². The van der Waals surface area contributed by atoms with Crippen molar-refractivity contribution >= 4 is 17.3 Å². The van der Waals surface area contributed by atoms with E-state index in [1.807, 2.05) is 24.3 Å². The van der Waals surface area contributed by atoms with Crippen LogP contribution in [0.2, 0.25) is 0 Å². The molecule has 0 saturated heterocycles. The van der Waals surface area contributed by atoms with Gasteiger partial charge in [-0.2, -0.15) is 5.26 Å². The molecule has 1 aromatic carbocycles. The van der Waals surface area contributed by atoms with Gasteiger partial charge in [-0.25, -0.2) is 9.97 Å². The van der Waals surface area contributed by atoms with E-state index in [1.165, 1.54) is 0 Å². The monoisotopic (exact) mass is 295 g/mol. The summed E-state index contributed by atoms with van der Waals surface area (Å²) in [4.78, 5) is 10.9. The second kappa shape index (κ2) is 7.99. The van der Waals surface area contributed by atoms with Crippen LogP contribution < -0.4 is 10.2 Å². The maximum atomic E-state index is 9.15. The lowest BCUT2D eigenvalue weighted by Gasteiger charge is -2.22. The van der Waals surface area contributed by atoms with Crippen LogP contribution in [0.4, 0.5) is 17.3 Å². The van der Waals surface area contributed by atoms with E-state index in [4.69, 9.17) is 5.26 Å². The average molecular weight is 295 g/mol. The molecule has 0 radical (unpaired) electrons. The summed E-state index contributed by atoms with van der Waals surface area (Å²) in [5.74, 6) is 1.61. The van der Waals surface area contributed by atoms with Gasteiger partial charge >= 0.3 is 0 Å². The molecule has 1 heterocycles. The SMILES string of the molecule is CCCN(CCC)c1cc(Nc2ccccc2C#N)ncn1. The van der Waals surface area contributed by atoms with Gasteiger partial charge in [0.25, 0.3) is 0 Å².